The van der Waals surface area contributed by atoms with Gasteiger partial charge in [0.15, 0.2) is 9.84 Å². The van der Waals surface area contributed by atoms with Gasteiger partial charge in [-0.2, -0.15) is 0 Å². The average Bonchev–Trinajstić information content (AvgIpc) is 2.20. The van der Waals surface area contributed by atoms with Crippen LogP contribution in [0.5, 0.6) is 0 Å². The minimum absolute atomic E-state index is 0.0371. The minimum atomic E-state index is -3.19. The van der Waals surface area contributed by atoms with E-state index in [2.05, 4.69) is 5.32 Å². The molecule has 0 aliphatic heterocycles. The Kier molecular flexibility index (Phi) is 4.10. The maximum absolute atomic E-state index is 12.1. The van der Waals surface area contributed by atoms with E-state index in [1.54, 1.807) is 13.1 Å². The molecule has 0 spiro atoms. The molecule has 0 aliphatic carbocycles. The number of aryl methyl sites for hydroxylation is 2. The zero-order valence-corrected chi connectivity index (χ0v) is 11.1. The van der Waals surface area contributed by atoms with Gasteiger partial charge in [0.2, 0.25) is 0 Å². The van der Waals surface area contributed by atoms with Crippen LogP contribution in [0.1, 0.15) is 18.1 Å². The highest BCUT2D eigenvalue weighted by molar-refractivity contribution is 7.91. The van der Waals surface area contributed by atoms with Crippen LogP contribution in [0, 0.1) is 13.8 Å². The molecule has 0 saturated carbocycles. The lowest BCUT2D eigenvalue weighted by Crippen LogP contribution is -2.30. The van der Waals surface area contributed by atoms with Crippen molar-refractivity contribution in [1.29, 1.82) is 0 Å². The number of nitrogens with one attached hydrogen (secondary N) is 1. The third-order valence-corrected chi connectivity index (χ3v) is 4.69. The zero-order valence-electron chi connectivity index (χ0n) is 10.2. The maximum atomic E-state index is 12.1. The molecule has 0 fully saturated rings. The van der Waals surface area contributed by atoms with Crippen molar-refractivity contribution in [1.82, 2.24) is 5.32 Å². The van der Waals surface area contributed by atoms with Gasteiger partial charge in [-0.1, -0.05) is 12.1 Å². The summed E-state index contributed by atoms with van der Waals surface area (Å²) < 4.78 is 24.3. The number of benzene rings is 1. The zero-order chi connectivity index (χ0) is 12.3. The van der Waals surface area contributed by atoms with Gasteiger partial charge in [-0.15, -0.1) is 0 Å². The van der Waals surface area contributed by atoms with Crippen molar-refractivity contribution < 1.29 is 8.42 Å². The van der Waals surface area contributed by atoms with Crippen LogP contribution in [-0.4, -0.2) is 27.3 Å². The van der Waals surface area contributed by atoms with Crippen molar-refractivity contribution >= 4 is 9.84 Å². The molecule has 0 amide bonds. The second-order valence-corrected chi connectivity index (χ2v) is 6.24. The Morgan fingerprint density at radius 3 is 2.50 bits per heavy atom. The van der Waals surface area contributed by atoms with Crippen molar-refractivity contribution in [3.63, 3.8) is 0 Å². The Hall–Kier alpha value is -0.870. The second kappa shape index (κ2) is 4.97. The van der Waals surface area contributed by atoms with Gasteiger partial charge in [0.05, 0.1) is 10.6 Å². The van der Waals surface area contributed by atoms with Gasteiger partial charge >= 0.3 is 0 Å². The predicted molar refractivity (Wildman–Crippen MR) is 66.5 cm³/mol. The highest BCUT2D eigenvalue weighted by Crippen LogP contribution is 2.18. The summed E-state index contributed by atoms with van der Waals surface area (Å²) in [5.74, 6) is 0.133. The van der Waals surface area contributed by atoms with Gasteiger partial charge in [-0.05, 0) is 45.0 Å². The quantitative estimate of drug-likeness (QED) is 0.872. The fraction of sp³-hybridized carbons (Fsp3) is 0.500. The van der Waals surface area contributed by atoms with Gasteiger partial charge in [0.1, 0.15) is 0 Å². The Bertz CT molecular complexity index is 466. The molecule has 1 aromatic carbocycles. The Balaban J connectivity index is 3.12. The lowest BCUT2D eigenvalue weighted by Gasteiger charge is -2.13. The normalized spacial score (nSPS) is 13.8. The van der Waals surface area contributed by atoms with Gasteiger partial charge in [0.25, 0.3) is 0 Å². The van der Waals surface area contributed by atoms with E-state index in [4.69, 9.17) is 0 Å². The SMILES string of the molecule is CNC(C)CS(=O)(=O)c1cc(C)ccc1C. The topological polar surface area (TPSA) is 46.2 Å². The summed E-state index contributed by atoms with van der Waals surface area (Å²) in [5.41, 5.74) is 1.79. The first kappa shape index (κ1) is 13.2. The molecule has 1 unspecified atom stereocenters. The molecule has 0 bridgehead atoms. The average molecular weight is 241 g/mol. The van der Waals surface area contributed by atoms with E-state index >= 15 is 0 Å². The van der Waals surface area contributed by atoms with Gasteiger partial charge < -0.3 is 5.32 Å². The third kappa shape index (κ3) is 3.06. The van der Waals surface area contributed by atoms with E-state index in [9.17, 15) is 8.42 Å². The van der Waals surface area contributed by atoms with Crippen molar-refractivity contribution in [3.8, 4) is 0 Å². The Morgan fingerprint density at radius 1 is 1.31 bits per heavy atom. The van der Waals surface area contributed by atoms with Crippen LogP contribution >= 0.6 is 0 Å². The molecular formula is C12H19NO2S. The third-order valence-electron chi connectivity index (χ3n) is 2.64. The van der Waals surface area contributed by atoms with E-state index in [0.29, 0.717) is 4.90 Å². The van der Waals surface area contributed by atoms with Crippen LogP contribution in [0.2, 0.25) is 0 Å². The van der Waals surface area contributed by atoms with E-state index in [-0.39, 0.29) is 11.8 Å². The number of hydrogen-bond acceptors (Lipinski definition) is 3. The molecule has 0 heterocycles. The first-order valence-electron chi connectivity index (χ1n) is 5.34. The predicted octanol–water partition coefficient (Wildman–Crippen LogP) is 1.69. The van der Waals surface area contributed by atoms with E-state index in [0.717, 1.165) is 11.1 Å². The van der Waals surface area contributed by atoms with E-state index in [1.165, 1.54) is 0 Å². The largest absolute Gasteiger partial charge is 0.316 e. The number of sulfone groups is 1. The van der Waals surface area contributed by atoms with Gasteiger partial charge in [0, 0.05) is 6.04 Å². The maximum Gasteiger partial charge on any atom is 0.180 e. The molecule has 16 heavy (non-hydrogen) atoms. The summed E-state index contributed by atoms with van der Waals surface area (Å²) in [4.78, 5) is 0.453. The Morgan fingerprint density at radius 2 is 1.94 bits per heavy atom. The van der Waals surface area contributed by atoms with Gasteiger partial charge in [-0.3, -0.25) is 0 Å². The molecule has 0 aliphatic rings. The molecule has 3 nitrogen and oxygen atoms in total. The number of rotatable bonds is 4. The van der Waals surface area contributed by atoms with Crippen LogP contribution < -0.4 is 5.32 Å². The highest BCUT2D eigenvalue weighted by atomic mass is 32.2. The summed E-state index contributed by atoms with van der Waals surface area (Å²) in [6.45, 7) is 5.60. The second-order valence-electron chi connectivity index (χ2n) is 4.24. The minimum Gasteiger partial charge on any atom is -0.316 e. The monoisotopic (exact) mass is 241 g/mol. The van der Waals surface area contributed by atoms with Crippen LogP contribution in [-0.2, 0) is 9.84 Å². The summed E-state index contributed by atoms with van der Waals surface area (Å²) in [6.07, 6.45) is 0. The van der Waals surface area contributed by atoms with Crippen molar-refractivity contribution in [2.45, 2.75) is 31.7 Å². The molecule has 1 atom stereocenters. The molecule has 90 valence electrons. The molecule has 4 heteroatoms. The van der Waals surface area contributed by atoms with Crippen molar-refractivity contribution in [2.24, 2.45) is 0 Å². The molecule has 0 aromatic heterocycles. The van der Waals surface area contributed by atoms with E-state index < -0.39 is 9.84 Å². The summed E-state index contributed by atoms with van der Waals surface area (Å²) >= 11 is 0. The lowest BCUT2D eigenvalue weighted by molar-refractivity contribution is 0.577. The van der Waals surface area contributed by atoms with E-state index in [1.807, 2.05) is 32.9 Å². The lowest BCUT2D eigenvalue weighted by atomic mass is 10.2. The molecule has 0 saturated heterocycles. The molecular weight excluding hydrogens is 222 g/mol. The first-order valence-corrected chi connectivity index (χ1v) is 6.99. The fourth-order valence-corrected chi connectivity index (χ4v) is 3.47. The van der Waals surface area contributed by atoms with Crippen molar-refractivity contribution in [2.75, 3.05) is 12.8 Å². The summed E-state index contributed by atoms with van der Waals surface area (Å²) in [6, 6.07) is 5.49. The van der Waals surface area contributed by atoms with Gasteiger partial charge in [-0.25, -0.2) is 8.42 Å². The molecule has 1 rings (SSSR count). The molecule has 1 aromatic rings. The Labute approximate surface area is 97.8 Å². The van der Waals surface area contributed by atoms with Crippen LogP contribution in [0.4, 0.5) is 0 Å². The fourth-order valence-electron chi connectivity index (χ4n) is 1.54. The molecule has 1 N–H and O–H groups in total. The van der Waals surface area contributed by atoms with Crippen LogP contribution in [0.3, 0.4) is 0 Å². The first-order chi connectivity index (χ1) is 7.36. The van der Waals surface area contributed by atoms with Crippen molar-refractivity contribution in [3.05, 3.63) is 29.3 Å². The summed E-state index contributed by atoms with van der Waals surface area (Å²) in [5, 5.41) is 2.95. The highest BCUT2D eigenvalue weighted by Gasteiger charge is 2.19. The summed E-state index contributed by atoms with van der Waals surface area (Å²) in [7, 11) is -1.42. The smallest absolute Gasteiger partial charge is 0.180 e. The van der Waals surface area contributed by atoms with Crippen LogP contribution in [0.25, 0.3) is 0 Å². The standard InChI is InChI=1S/C12H19NO2S/c1-9-5-6-10(2)12(7-9)16(14,15)8-11(3)13-4/h5-7,11,13H,8H2,1-4H3. The molecule has 0 radical (unpaired) electrons. The van der Waals surface area contributed by atoms with Crippen LogP contribution in [0.15, 0.2) is 23.1 Å². The number of hydrogen-bond donors (Lipinski definition) is 1.